The van der Waals surface area contributed by atoms with E-state index in [2.05, 4.69) is 33.8 Å². The molecule has 0 saturated carbocycles. The highest BCUT2D eigenvalue weighted by atomic mass is 19.1. The molecule has 0 atom stereocenters. The molecule has 2 aromatic carbocycles. The summed E-state index contributed by atoms with van der Waals surface area (Å²) in [7, 11) is 0. The van der Waals surface area contributed by atoms with Crippen LogP contribution in [0.3, 0.4) is 0 Å². The van der Waals surface area contributed by atoms with Crippen molar-refractivity contribution in [3.8, 4) is 0 Å². The second kappa shape index (κ2) is 9.58. The minimum absolute atomic E-state index is 0.135. The number of rotatable bonds is 5. The molecule has 2 aliphatic heterocycles. The Labute approximate surface area is 178 Å². The molecule has 0 N–H and O–H groups in total. The van der Waals surface area contributed by atoms with Crippen LogP contribution in [-0.2, 0) is 6.54 Å². The molecule has 0 radical (unpaired) electrons. The lowest BCUT2D eigenvalue weighted by atomic mass is 10.1. The summed E-state index contributed by atoms with van der Waals surface area (Å²) < 4.78 is 14.0. The quantitative estimate of drug-likeness (QED) is 0.758. The first kappa shape index (κ1) is 20.8. The van der Waals surface area contributed by atoms with Gasteiger partial charge in [0, 0.05) is 64.5 Å². The summed E-state index contributed by atoms with van der Waals surface area (Å²) in [5, 5.41) is 0. The zero-order valence-corrected chi connectivity index (χ0v) is 17.8. The maximum absolute atomic E-state index is 14.0. The van der Waals surface area contributed by atoms with Crippen molar-refractivity contribution in [3.63, 3.8) is 0 Å². The Balaban J connectivity index is 1.28. The number of likely N-dealkylation sites (N-methyl/N-ethyl adjacent to an activating group) is 1. The number of amides is 1. The molecule has 1 amide bonds. The van der Waals surface area contributed by atoms with Crippen LogP contribution < -0.4 is 4.90 Å². The third-order valence-corrected chi connectivity index (χ3v) is 6.28. The van der Waals surface area contributed by atoms with Crippen LogP contribution in [0.4, 0.5) is 10.1 Å². The molecule has 2 aliphatic rings. The number of hydrogen-bond donors (Lipinski definition) is 0. The maximum Gasteiger partial charge on any atom is 0.253 e. The average molecular weight is 411 g/mol. The van der Waals surface area contributed by atoms with Gasteiger partial charge in [0.25, 0.3) is 5.91 Å². The molecule has 5 nitrogen and oxygen atoms in total. The van der Waals surface area contributed by atoms with Crippen molar-refractivity contribution in [3.05, 3.63) is 65.5 Å². The number of halogens is 1. The summed E-state index contributed by atoms with van der Waals surface area (Å²) in [4.78, 5) is 21.6. The van der Waals surface area contributed by atoms with E-state index in [9.17, 15) is 9.18 Å². The topological polar surface area (TPSA) is 30.0 Å². The van der Waals surface area contributed by atoms with Crippen LogP contribution in [-0.4, -0.2) is 79.5 Å². The third-order valence-electron chi connectivity index (χ3n) is 6.28. The first-order valence-corrected chi connectivity index (χ1v) is 11.0. The largest absolute Gasteiger partial charge is 0.367 e. The van der Waals surface area contributed by atoms with Crippen LogP contribution in [0.2, 0.25) is 0 Å². The lowest BCUT2D eigenvalue weighted by Gasteiger charge is -2.36. The van der Waals surface area contributed by atoms with Crippen LogP contribution in [0.1, 0.15) is 22.8 Å². The van der Waals surface area contributed by atoms with Crippen LogP contribution in [0.25, 0.3) is 0 Å². The highest BCUT2D eigenvalue weighted by Crippen LogP contribution is 2.21. The summed E-state index contributed by atoms with van der Waals surface area (Å²) in [5.74, 6) is -0.0156. The molecule has 6 heteroatoms. The van der Waals surface area contributed by atoms with Crippen molar-refractivity contribution in [1.29, 1.82) is 0 Å². The van der Waals surface area contributed by atoms with E-state index in [0.29, 0.717) is 5.69 Å². The summed E-state index contributed by atoms with van der Waals surface area (Å²) in [6.45, 7) is 11.0. The summed E-state index contributed by atoms with van der Waals surface area (Å²) in [6, 6.07) is 15.0. The van der Waals surface area contributed by atoms with E-state index >= 15 is 0 Å². The monoisotopic (exact) mass is 410 g/mol. The van der Waals surface area contributed by atoms with Crippen molar-refractivity contribution in [1.82, 2.24) is 14.7 Å². The molecule has 0 unspecified atom stereocenters. The van der Waals surface area contributed by atoms with Gasteiger partial charge in [-0.25, -0.2) is 4.39 Å². The Hall–Kier alpha value is -2.44. The number of piperazine rings is 2. The molecule has 0 aromatic heterocycles. The minimum atomic E-state index is -0.151. The molecule has 2 fully saturated rings. The molecule has 0 spiro atoms. The Morgan fingerprint density at radius 1 is 0.833 bits per heavy atom. The Kier molecular flexibility index (Phi) is 6.65. The Morgan fingerprint density at radius 3 is 2.10 bits per heavy atom. The number of para-hydroxylation sites is 1. The van der Waals surface area contributed by atoms with Crippen molar-refractivity contribution in [2.24, 2.45) is 0 Å². The van der Waals surface area contributed by atoms with Crippen molar-refractivity contribution in [2.75, 3.05) is 63.8 Å². The average Bonchev–Trinajstić information content (AvgIpc) is 2.80. The zero-order chi connectivity index (χ0) is 20.9. The highest BCUT2D eigenvalue weighted by Gasteiger charge is 2.22. The molecular formula is C24H31FN4O. The molecule has 160 valence electrons. The predicted molar refractivity (Wildman–Crippen MR) is 118 cm³/mol. The lowest BCUT2D eigenvalue weighted by Crippen LogP contribution is -2.48. The number of carbonyl (C=O) groups is 1. The van der Waals surface area contributed by atoms with Crippen molar-refractivity contribution in [2.45, 2.75) is 13.5 Å². The van der Waals surface area contributed by atoms with Crippen molar-refractivity contribution >= 4 is 11.6 Å². The van der Waals surface area contributed by atoms with Crippen LogP contribution >= 0.6 is 0 Å². The smallest absolute Gasteiger partial charge is 0.253 e. The molecule has 2 heterocycles. The Morgan fingerprint density at radius 2 is 1.47 bits per heavy atom. The van der Waals surface area contributed by atoms with E-state index in [1.54, 1.807) is 6.07 Å². The SMILES string of the molecule is CCN1CCN(C(=O)c2ccc(CN3CCN(c4ccccc4F)CC3)cc2)CC1. The molecule has 0 aliphatic carbocycles. The first-order valence-electron chi connectivity index (χ1n) is 11.0. The summed E-state index contributed by atoms with van der Waals surface area (Å²) in [6.07, 6.45) is 0. The van der Waals surface area contributed by atoms with Gasteiger partial charge < -0.3 is 14.7 Å². The van der Waals surface area contributed by atoms with E-state index in [1.165, 1.54) is 11.6 Å². The fraction of sp³-hybridized carbons (Fsp3) is 0.458. The number of benzene rings is 2. The molecule has 30 heavy (non-hydrogen) atoms. The van der Waals surface area contributed by atoms with Gasteiger partial charge in [0.2, 0.25) is 0 Å². The fourth-order valence-corrected chi connectivity index (χ4v) is 4.32. The van der Waals surface area contributed by atoms with Gasteiger partial charge in [-0.3, -0.25) is 9.69 Å². The maximum atomic E-state index is 14.0. The Bertz CT molecular complexity index is 841. The molecular weight excluding hydrogens is 379 g/mol. The van der Waals surface area contributed by atoms with E-state index in [4.69, 9.17) is 0 Å². The zero-order valence-electron chi connectivity index (χ0n) is 17.8. The van der Waals surface area contributed by atoms with Gasteiger partial charge in [0.1, 0.15) is 5.82 Å². The fourth-order valence-electron chi connectivity index (χ4n) is 4.32. The number of anilines is 1. The van der Waals surface area contributed by atoms with E-state index in [1.807, 2.05) is 29.2 Å². The second-order valence-corrected chi connectivity index (χ2v) is 8.14. The second-order valence-electron chi connectivity index (χ2n) is 8.14. The van der Waals surface area contributed by atoms with Gasteiger partial charge in [0.15, 0.2) is 0 Å². The number of carbonyl (C=O) groups excluding carboxylic acids is 1. The first-order chi connectivity index (χ1) is 14.6. The van der Waals surface area contributed by atoms with Gasteiger partial charge in [-0.15, -0.1) is 0 Å². The van der Waals surface area contributed by atoms with Gasteiger partial charge >= 0.3 is 0 Å². The van der Waals surface area contributed by atoms with Gasteiger partial charge in [-0.2, -0.15) is 0 Å². The third kappa shape index (κ3) is 4.82. The number of hydrogen-bond acceptors (Lipinski definition) is 4. The van der Waals surface area contributed by atoms with Gasteiger partial charge in [0.05, 0.1) is 5.69 Å². The standard InChI is InChI=1S/C24H31FN4O/c1-2-26-11-17-29(18-12-26)24(30)21-9-7-20(8-10-21)19-27-13-15-28(16-14-27)23-6-4-3-5-22(23)25/h3-10H,2,11-19H2,1H3. The van der Waals surface area contributed by atoms with E-state index in [0.717, 1.165) is 71.0 Å². The normalized spacial score (nSPS) is 18.6. The van der Waals surface area contributed by atoms with Gasteiger partial charge in [-0.05, 0) is 36.4 Å². The molecule has 2 saturated heterocycles. The van der Waals surface area contributed by atoms with Crippen LogP contribution in [0.15, 0.2) is 48.5 Å². The lowest BCUT2D eigenvalue weighted by molar-refractivity contribution is 0.0643. The van der Waals surface area contributed by atoms with Crippen LogP contribution in [0.5, 0.6) is 0 Å². The predicted octanol–water partition coefficient (Wildman–Crippen LogP) is 2.93. The molecule has 2 aromatic rings. The van der Waals surface area contributed by atoms with E-state index < -0.39 is 0 Å². The summed E-state index contributed by atoms with van der Waals surface area (Å²) in [5.41, 5.74) is 2.68. The minimum Gasteiger partial charge on any atom is -0.367 e. The molecule has 4 rings (SSSR count). The highest BCUT2D eigenvalue weighted by molar-refractivity contribution is 5.94. The van der Waals surface area contributed by atoms with E-state index in [-0.39, 0.29) is 11.7 Å². The number of nitrogens with zero attached hydrogens (tertiary/aromatic N) is 4. The van der Waals surface area contributed by atoms with Gasteiger partial charge in [-0.1, -0.05) is 31.2 Å². The summed E-state index contributed by atoms with van der Waals surface area (Å²) >= 11 is 0. The van der Waals surface area contributed by atoms with Crippen molar-refractivity contribution < 1.29 is 9.18 Å². The molecule has 0 bridgehead atoms. The van der Waals surface area contributed by atoms with Crippen LogP contribution in [0, 0.1) is 5.82 Å².